The third-order valence-electron chi connectivity index (χ3n) is 7.72. The Morgan fingerprint density at radius 3 is 1.86 bits per heavy atom. The molecule has 2 rings (SSSR count). The van der Waals surface area contributed by atoms with E-state index in [9.17, 15) is 17.8 Å². The van der Waals surface area contributed by atoms with Crippen LogP contribution in [0.15, 0.2) is 65.6 Å². The molecule has 2 aromatic rings. The van der Waals surface area contributed by atoms with Crippen LogP contribution in [0, 0.1) is 6.92 Å². The van der Waals surface area contributed by atoms with E-state index < -0.39 is 16.0 Å². The van der Waals surface area contributed by atoms with E-state index in [1.165, 1.54) is 69.9 Å². The molecule has 0 saturated heterocycles. The van der Waals surface area contributed by atoms with Crippen LogP contribution in [0.25, 0.3) is 6.08 Å². The second kappa shape index (κ2) is 19.8. The van der Waals surface area contributed by atoms with Crippen molar-refractivity contribution < 1.29 is 27.0 Å². The van der Waals surface area contributed by atoms with Crippen molar-refractivity contribution in [2.45, 2.75) is 102 Å². The Morgan fingerprint density at radius 2 is 1.38 bits per heavy atom. The molecule has 0 aromatic heterocycles. The lowest BCUT2D eigenvalue weighted by Gasteiger charge is -2.45. The van der Waals surface area contributed by atoms with E-state index in [0.717, 1.165) is 37.1 Å². The molecule has 0 fully saturated rings. The monoisotopic (exact) mass is 602 g/mol. The van der Waals surface area contributed by atoms with Gasteiger partial charge < -0.3 is 9.29 Å². The van der Waals surface area contributed by atoms with Crippen molar-refractivity contribution >= 4 is 22.0 Å². The van der Waals surface area contributed by atoms with Crippen molar-refractivity contribution in [1.29, 1.82) is 0 Å². The molecule has 0 aliphatic carbocycles. The molecule has 236 valence electrons. The van der Waals surface area contributed by atoms with E-state index in [0.29, 0.717) is 4.48 Å². The highest BCUT2D eigenvalue weighted by molar-refractivity contribution is 7.85. The number of likely N-dealkylation sites (N-methyl/N-ethyl adjacent to an activating group) is 1. The second-order valence-corrected chi connectivity index (χ2v) is 12.7. The number of hydrogen-bond acceptors (Lipinski definition) is 6. The van der Waals surface area contributed by atoms with Crippen molar-refractivity contribution in [2.75, 3.05) is 27.2 Å². The summed E-state index contributed by atoms with van der Waals surface area (Å²) in [6, 6.07) is 15.6. The zero-order chi connectivity index (χ0) is 31.5. The van der Waals surface area contributed by atoms with E-state index in [2.05, 4.69) is 20.9 Å². The van der Waals surface area contributed by atoms with Crippen molar-refractivity contribution in [3.8, 4) is 0 Å². The van der Waals surface area contributed by atoms with Gasteiger partial charge in [-0.15, -0.1) is 0 Å². The van der Waals surface area contributed by atoms with E-state index in [4.69, 9.17) is 10.5 Å². The average molecular weight is 603 g/mol. The molecular weight excluding hydrogens is 548 g/mol. The van der Waals surface area contributed by atoms with Crippen molar-refractivity contribution in [3.63, 3.8) is 0 Å². The van der Waals surface area contributed by atoms with Gasteiger partial charge in [-0.25, -0.2) is 14.2 Å². The van der Waals surface area contributed by atoms with Gasteiger partial charge in [0.05, 0.1) is 25.0 Å². The first-order chi connectivity index (χ1) is 19.9. The molecule has 8 heteroatoms. The average Bonchev–Trinajstić information content (AvgIpc) is 2.97. The minimum atomic E-state index is -4.27. The fourth-order valence-corrected chi connectivity index (χ4v) is 5.50. The number of aryl methyl sites for hydroxylation is 1. The number of unbranched alkanes of at least 4 members (excludes halogenated alkanes) is 9. The molecule has 0 bridgehead atoms. The summed E-state index contributed by atoms with van der Waals surface area (Å²) in [5.41, 5.74) is 8.55. The van der Waals surface area contributed by atoms with Gasteiger partial charge in [-0.3, -0.25) is 9.28 Å². The standard InChI is InChI=1S/C27H47N2O2.C7H8O3S/c1-5-7-8-9-10-11-12-13-14-18-24-29(3,23-6-2)27(28,31-4)26(30)22-21-25-19-16-15-17-20-25;1-6-2-4-7(5-3-6)11(8,9)10/h15-17,19-22H,5-14,18,23-24,28H2,1-4H3;2-5H,1H3,(H,8,9,10)/q+1;/p-1. The first-order valence-corrected chi connectivity index (χ1v) is 16.8. The fourth-order valence-electron chi connectivity index (χ4n) is 5.03. The van der Waals surface area contributed by atoms with Crippen LogP contribution in [-0.2, 0) is 19.6 Å². The highest BCUT2D eigenvalue weighted by Gasteiger charge is 2.50. The number of carbonyl (C=O) groups excluding carboxylic acids is 1. The Balaban J connectivity index is 0.000000666. The first kappa shape index (κ1) is 37.7. The summed E-state index contributed by atoms with van der Waals surface area (Å²) in [4.78, 5) is 12.9. The number of ketones is 1. The molecule has 42 heavy (non-hydrogen) atoms. The van der Waals surface area contributed by atoms with E-state index in [-0.39, 0.29) is 10.7 Å². The molecule has 0 saturated carbocycles. The van der Waals surface area contributed by atoms with Crippen LogP contribution in [0.4, 0.5) is 0 Å². The Bertz CT molecular complexity index is 1150. The first-order valence-electron chi connectivity index (χ1n) is 15.4. The third kappa shape index (κ3) is 13.3. The SMILES string of the molecule is CCCCCCCCCCCC[N+](C)(CCC)C(N)(OC)C(=O)C=Cc1ccccc1.Cc1ccc(S(=O)(=O)[O-])cc1. The molecule has 0 aliphatic heterocycles. The smallest absolute Gasteiger partial charge is 0.326 e. The van der Waals surface area contributed by atoms with Gasteiger partial charge in [0.15, 0.2) is 0 Å². The summed E-state index contributed by atoms with van der Waals surface area (Å²) in [5, 5.41) is 0. The Kier molecular flexibility index (Phi) is 17.7. The number of ether oxygens (including phenoxy) is 1. The molecule has 0 heterocycles. The predicted molar refractivity (Wildman–Crippen MR) is 172 cm³/mol. The lowest BCUT2D eigenvalue weighted by molar-refractivity contribution is -0.972. The molecule has 2 unspecified atom stereocenters. The number of nitrogens with two attached hydrogens (primary N) is 1. The fraction of sp³-hybridized carbons (Fsp3) is 0.559. The number of rotatable bonds is 19. The van der Waals surface area contributed by atoms with Crippen LogP contribution in [-0.4, -0.2) is 56.3 Å². The lowest BCUT2D eigenvalue weighted by atomic mass is 10.0. The number of benzene rings is 2. The summed E-state index contributed by atoms with van der Waals surface area (Å²) < 4.78 is 37.3. The molecule has 0 radical (unpaired) electrons. The van der Waals surface area contributed by atoms with E-state index >= 15 is 0 Å². The topological polar surface area (TPSA) is 110 Å². The third-order valence-corrected chi connectivity index (χ3v) is 8.57. The van der Waals surface area contributed by atoms with Crippen LogP contribution < -0.4 is 5.73 Å². The van der Waals surface area contributed by atoms with E-state index in [1.54, 1.807) is 25.3 Å². The predicted octanol–water partition coefficient (Wildman–Crippen LogP) is 7.20. The molecule has 0 amide bonds. The van der Waals surface area contributed by atoms with Crippen LogP contribution in [0.2, 0.25) is 0 Å². The number of carbonyl (C=O) groups is 1. The molecule has 2 aromatic carbocycles. The van der Waals surface area contributed by atoms with Gasteiger partial charge in [0, 0.05) is 7.11 Å². The van der Waals surface area contributed by atoms with E-state index in [1.807, 2.05) is 43.3 Å². The van der Waals surface area contributed by atoms with Gasteiger partial charge in [-0.2, -0.15) is 0 Å². The van der Waals surface area contributed by atoms with Gasteiger partial charge in [0.1, 0.15) is 10.1 Å². The molecule has 2 atom stereocenters. The van der Waals surface area contributed by atoms with Crippen LogP contribution in [0.5, 0.6) is 0 Å². The molecule has 7 nitrogen and oxygen atoms in total. The molecule has 2 N–H and O–H groups in total. The summed E-state index contributed by atoms with van der Waals surface area (Å²) >= 11 is 0. The maximum Gasteiger partial charge on any atom is 0.326 e. The zero-order valence-corrected chi connectivity index (χ0v) is 27.3. The van der Waals surface area contributed by atoms with Gasteiger partial charge in [-0.1, -0.05) is 119 Å². The molecule has 0 spiro atoms. The van der Waals surface area contributed by atoms with Crippen LogP contribution >= 0.6 is 0 Å². The number of methoxy groups -OCH3 is 1. The van der Waals surface area contributed by atoms with Gasteiger partial charge in [0.25, 0.3) is 5.78 Å². The van der Waals surface area contributed by atoms with Crippen molar-refractivity contribution in [2.24, 2.45) is 5.73 Å². The summed E-state index contributed by atoms with van der Waals surface area (Å²) in [7, 11) is -0.651. The summed E-state index contributed by atoms with van der Waals surface area (Å²) in [6.07, 6.45) is 17.3. The van der Waals surface area contributed by atoms with Gasteiger partial charge >= 0.3 is 5.85 Å². The van der Waals surface area contributed by atoms with Gasteiger partial charge in [-0.05, 0) is 50.0 Å². The minimum absolute atomic E-state index is 0.178. The number of hydrogen-bond donors (Lipinski definition) is 1. The van der Waals surface area contributed by atoms with Crippen molar-refractivity contribution in [1.82, 2.24) is 0 Å². The molecule has 0 aliphatic rings. The summed E-state index contributed by atoms with van der Waals surface area (Å²) in [5.74, 6) is -1.54. The highest BCUT2D eigenvalue weighted by atomic mass is 32.2. The molecular formula is C34H54N2O5S. The van der Waals surface area contributed by atoms with Crippen LogP contribution in [0.3, 0.4) is 0 Å². The summed E-state index contributed by atoms with van der Waals surface area (Å²) in [6.45, 7) is 7.88. The normalized spacial score (nSPS) is 14.5. The Hall–Kier alpha value is -2.36. The lowest BCUT2D eigenvalue weighted by Crippen LogP contribution is -2.72. The largest absolute Gasteiger partial charge is 0.744 e. The number of quaternary nitrogens is 1. The number of nitrogens with zero attached hydrogens (tertiary/aromatic N) is 1. The minimum Gasteiger partial charge on any atom is -0.744 e. The maximum absolute atomic E-state index is 13.1. The Labute approximate surface area is 255 Å². The zero-order valence-electron chi connectivity index (χ0n) is 26.5. The maximum atomic E-state index is 13.1. The second-order valence-electron chi connectivity index (χ2n) is 11.3. The van der Waals surface area contributed by atoms with Crippen LogP contribution in [0.1, 0.15) is 95.6 Å². The Morgan fingerprint density at radius 1 is 0.857 bits per heavy atom. The highest BCUT2D eigenvalue weighted by Crippen LogP contribution is 2.24. The quantitative estimate of drug-likeness (QED) is 0.0598. The van der Waals surface area contributed by atoms with Crippen molar-refractivity contribution in [3.05, 3.63) is 71.8 Å². The van der Waals surface area contributed by atoms with Gasteiger partial charge in [0.2, 0.25) is 0 Å².